The lowest BCUT2D eigenvalue weighted by Gasteiger charge is -2.15. The minimum Gasteiger partial charge on any atom is -0.495 e. The summed E-state index contributed by atoms with van der Waals surface area (Å²) < 4.78 is 38.5. The zero-order chi connectivity index (χ0) is 20.1. The number of sulfonamides is 1. The number of para-hydroxylation sites is 1. The molecule has 2 aromatic carbocycles. The highest BCUT2D eigenvalue weighted by atomic mass is 35.5. The Labute approximate surface area is 169 Å². The lowest BCUT2D eigenvalue weighted by atomic mass is 10.1. The quantitative estimate of drug-likeness (QED) is 0.712. The van der Waals surface area contributed by atoms with Gasteiger partial charge in [-0.15, -0.1) is 0 Å². The van der Waals surface area contributed by atoms with Crippen molar-refractivity contribution in [3.8, 4) is 5.75 Å². The Morgan fingerprint density at radius 2 is 2.07 bits per heavy atom. The molecule has 1 atom stereocenters. The lowest BCUT2D eigenvalue weighted by Crippen LogP contribution is -2.32. The van der Waals surface area contributed by atoms with E-state index in [1.807, 2.05) is 0 Å². The van der Waals surface area contributed by atoms with Gasteiger partial charge < -0.3 is 14.8 Å². The molecule has 1 aliphatic rings. The molecular formula is C19H21ClN2O5S. The second-order valence-corrected chi connectivity index (χ2v) is 8.38. The average molecular weight is 425 g/mol. The number of rotatable bonds is 7. The molecule has 9 heteroatoms. The molecule has 28 heavy (non-hydrogen) atoms. The number of hydrogen-bond acceptors (Lipinski definition) is 5. The molecule has 0 saturated carbocycles. The van der Waals surface area contributed by atoms with E-state index in [0.29, 0.717) is 18.9 Å². The summed E-state index contributed by atoms with van der Waals surface area (Å²) in [5.41, 5.74) is 0.406. The number of carbonyl (C=O) groups is 1. The Morgan fingerprint density at radius 1 is 1.29 bits per heavy atom. The maximum Gasteiger partial charge on any atom is 0.261 e. The molecule has 1 saturated heterocycles. The highest BCUT2D eigenvalue weighted by Gasteiger charge is 2.21. The van der Waals surface area contributed by atoms with E-state index in [-0.39, 0.29) is 33.2 Å². The van der Waals surface area contributed by atoms with Gasteiger partial charge in [0.2, 0.25) is 0 Å². The van der Waals surface area contributed by atoms with Crippen molar-refractivity contribution in [2.45, 2.75) is 23.8 Å². The van der Waals surface area contributed by atoms with Gasteiger partial charge in [0, 0.05) is 13.2 Å². The third-order valence-electron chi connectivity index (χ3n) is 4.36. The molecule has 150 valence electrons. The summed E-state index contributed by atoms with van der Waals surface area (Å²) in [6.07, 6.45) is 1.86. The predicted molar refractivity (Wildman–Crippen MR) is 107 cm³/mol. The van der Waals surface area contributed by atoms with Gasteiger partial charge in [-0.05, 0) is 43.2 Å². The number of ether oxygens (including phenoxy) is 2. The summed E-state index contributed by atoms with van der Waals surface area (Å²) in [6.45, 7) is 1.08. The van der Waals surface area contributed by atoms with Gasteiger partial charge in [0.05, 0.1) is 34.4 Å². The molecule has 1 amide bonds. The fourth-order valence-electron chi connectivity index (χ4n) is 2.90. The monoisotopic (exact) mass is 424 g/mol. The van der Waals surface area contributed by atoms with Crippen molar-refractivity contribution in [1.29, 1.82) is 0 Å². The van der Waals surface area contributed by atoms with E-state index in [0.717, 1.165) is 12.8 Å². The first-order valence-electron chi connectivity index (χ1n) is 8.76. The van der Waals surface area contributed by atoms with Crippen molar-refractivity contribution in [3.63, 3.8) is 0 Å². The topological polar surface area (TPSA) is 93.7 Å². The van der Waals surface area contributed by atoms with Crippen molar-refractivity contribution < 1.29 is 22.7 Å². The Hall–Kier alpha value is -2.29. The first-order valence-corrected chi connectivity index (χ1v) is 10.6. The largest absolute Gasteiger partial charge is 0.495 e. The van der Waals surface area contributed by atoms with E-state index in [1.165, 1.54) is 31.4 Å². The van der Waals surface area contributed by atoms with E-state index in [1.54, 1.807) is 18.2 Å². The third-order valence-corrected chi connectivity index (χ3v) is 6.02. The summed E-state index contributed by atoms with van der Waals surface area (Å²) in [5, 5.41) is 2.97. The molecule has 1 unspecified atom stereocenters. The zero-order valence-electron chi connectivity index (χ0n) is 15.3. The van der Waals surface area contributed by atoms with E-state index >= 15 is 0 Å². The van der Waals surface area contributed by atoms with E-state index in [9.17, 15) is 13.2 Å². The van der Waals surface area contributed by atoms with Crippen LogP contribution in [0.4, 0.5) is 5.69 Å². The molecule has 3 rings (SSSR count). The maximum atomic E-state index is 12.7. The first kappa shape index (κ1) is 20.4. The standard InChI is InChI=1S/C19H21ClN2O5S/c1-26-18-9-8-14(11-16(18)20)28(24,25)22-17-7-3-2-6-15(17)19(23)21-12-13-5-4-10-27-13/h2-3,6-9,11,13,22H,4-5,10,12H2,1H3,(H,21,23). The van der Waals surface area contributed by atoms with Gasteiger partial charge in [0.15, 0.2) is 0 Å². The highest BCUT2D eigenvalue weighted by molar-refractivity contribution is 7.92. The maximum absolute atomic E-state index is 12.7. The molecule has 0 bridgehead atoms. The van der Waals surface area contributed by atoms with Crippen molar-refractivity contribution >= 4 is 33.2 Å². The van der Waals surface area contributed by atoms with Crippen molar-refractivity contribution in [3.05, 3.63) is 53.1 Å². The number of nitrogens with one attached hydrogen (secondary N) is 2. The number of carbonyl (C=O) groups excluding carboxylic acids is 1. The van der Waals surface area contributed by atoms with Crippen LogP contribution in [0.25, 0.3) is 0 Å². The summed E-state index contributed by atoms with van der Waals surface area (Å²) >= 11 is 6.03. The summed E-state index contributed by atoms with van der Waals surface area (Å²) in [4.78, 5) is 12.5. The molecule has 0 spiro atoms. The van der Waals surface area contributed by atoms with Crippen LogP contribution in [-0.4, -0.2) is 40.7 Å². The van der Waals surface area contributed by atoms with Gasteiger partial charge in [-0.1, -0.05) is 23.7 Å². The third kappa shape index (κ3) is 4.76. The number of hydrogen-bond donors (Lipinski definition) is 2. The zero-order valence-corrected chi connectivity index (χ0v) is 16.8. The van der Waals surface area contributed by atoms with Gasteiger partial charge in [-0.3, -0.25) is 9.52 Å². The molecule has 2 aromatic rings. The molecule has 0 aliphatic carbocycles. The van der Waals surface area contributed by atoms with Crippen LogP contribution in [0.15, 0.2) is 47.4 Å². The van der Waals surface area contributed by atoms with E-state index in [2.05, 4.69) is 10.0 Å². The van der Waals surface area contributed by atoms with Crippen molar-refractivity contribution in [2.24, 2.45) is 0 Å². The minimum absolute atomic E-state index is 0.00533. The van der Waals surface area contributed by atoms with Gasteiger partial charge in [-0.25, -0.2) is 8.42 Å². The highest BCUT2D eigenvalue weighted by Crippen LogP contribution is 2.28. The second-order valence-electron chi connectivity index (χ2n) is 6.29. The summed E-state index contributed by atoms with van der Waals surface area (Å²) in [6, 6.07) is 10.6. The van der Waals surface area contributed by atoms with Crippen LogP contribution in [0.2, 0.25) is 5.02 Å². The minimum atomic E-state index is -3.94. The SMILES string of the molecule is COc1ccc(S(=O)(=O)Nc2ccccc2C(=O)NCC2CCCO2)cc1Cl. The normalized spacial score (nSPS) is 16.6. The van der Waals surface area contributed by atoms with Gasteiger partial charge in [0.1, 0.15) is 5.75 Å². The smallest absolute Gasteiger partial charge is 0.261 e. The fourth-order valence-corrected chi connectivity index (χ4v) is 4.32. The van der Waals surface area contributed by atoms with Crippen molar-refractivity contribution in [1.82, 2.24) is 5.32 Å². The van der Waals surface area contributed by atoms with Crippen LogP contribution in [0.1, 0.15) is 23.2 Å². The van der Waals surface area contributed by atoms with Crippen molar-refractivity contribution in [2.75, 3.05) is 25.0 Å². The second kappa shape index (κ2) is 8.81. The molecule has 0 radical (unpaired) electrons. The molecule has 0 aromatic heterocycles. The Kier molecular flexibility index (Phi) is 6.43. The van der Waals surface area contributed by atoms with Crippen LogP contribution in [0.5, 0.6) is 5.75 Å². The predicted octanol–water partition coefficient (Wildman–Crippen LogP) is 3.06. The molecule has 2 N–H and O–H groups in total. The van der Waals surface area contributed by atoms with Gasteiger partial charge in [-0.2, -0.15) is 0 Å². The first-order chi connectivity index (χ1) is 13.4. The number of amides is 1. The van der Waals surface area contributed by atoms with Crippen LogP contribution in [-0.2, 0) is 14.8 Å². The van der Waals surface area contributed by atoms with E-state index < -0.39 is 10.0 Å². The number of benzene rings is 2. The number of anilines is 1. The van der Waals surface area contributed by atoms with Crippen LogP contribution in [0.3, 0.4) is 0 Å². The molecule has 1 aliphatic heterocycles. The number of methoxy groups -OCH3 is 1. The summed E-state index contributed by atoms with van der Waals surface area (Å²) in [7, 11) is -2.50. The Balaban J connectivity index is 1.78. The summed E-state index contributed by atoms with van der Waals surface area (Å²) in [5.74, 6) is -0.00362. The van der Waals surface area contributed by atoms with Crippen LogP contribution >= 0.6 is 11.6 Å². The lowest BCUT2D eigenvalue weighted by molar-refractivity contribution is 0.0858. The molecule has 7 nitrogen and oxygen atoms in total. The molecule has 1 heterocycles. The average Bonchev–Trinajstić information content (AvgIpc) is 3.20. The fraction of sp³-hybridized carbons (Fsp3) is 0.316. The molecule has 1 fully saturated rings. The van der Waals surface area contributed by atoms with Gasteiger partial charge >= 0.3 is 0 Å². The number of halogens is 1. The van der Waals surface area contributed by atoms with Crippen LogP contribution < -0.4 is 14.8 Å². The Bertz CT molecular complexity index is 959. The van der Waals surface area contributed by atoms with Gasteiger partial charge in [0.25, 0.3) is 15.9 Å². The van der Waals surface area contributed by atoms with Crippen LogP contribution in [0, 0.1) is 0 Å². The molecular weight excluding hydrogens is 404 g/mol. The Morgan fingerprint density at radius 3 is 2.75 bits per heavy atom. The van der Waals surface area contributed by atoms with E-state index in [4.69, 9.17) is 21.1 Å².